The predicted molar refractivity (Wildman–Crippen MR) is 133 cm³/mol. The smallest absolute Gasteiger partial charge is 0.421 e. The average Bonchev–Trinajstić information content (AvgIpc) is 2.85. The number of halogens is 3. The molecule has 0 spiro atoms. The molecule has 3 N–H and O–H groups in total. The molecule has 2 aliphatic heterocycles. The number of pyridine rings is 1. The van der Waals surface area contributed by atoms with Crippen LogP contribution in [-0.2, 0) is 17.4 Å². The topological polar surface area (TPSA) is 92.8 Å². The number of nitrogens with two attached hydrogens (primary N) is 1. The van der Waals surface area contributed by atoms with Gasteiger partial charge < -0.3 is 20.7 Å². The first kappa shape index (κ1) is 25.7. The van der Waals surface area contributed by atoms with E-state index >= 15 is 0 Å². The maximum Gasteiger partial charge on any atom is 0.421 e. The minimum Gasteiger partial charge on any atom is -0.437 e. The van der Waals surface area contributed by atoms with Gasteiger partial charge in [0.25, 0.3) is 0 Å². The number of ether oxygens (including phenoxy) is 1. The summed E-state index contributed by atoms with van der Waals surface area (Å²) in [6.45, 7) is 5.15. The zero-order chi connectivity index (χ0) is 25.9. The quantitative estimate of drug-likeness (QED) is 0.580. The number of hydrogen-bond acceptors (Lipinski definition) is 6. The van der Waals surface area contributed by atoms with Gasteiger partial charge in [-0.3, -0.25) is 9.79 Å². The number of nitrogens with one attached hydrogen (secondary N) is 1. The first-order valence-corrected chi connectivity index (χ1v) is 12.0. The van der Waals surface area contributed by atoms with Gasteiger partial charge in [0.15, 0.2) is 0 Å². The highest BCUT2D eigenvalue weighted by molar-refractivity contribution is 6.11. The van der Waals surface area contributed by atoms with E-state index in [-0.39, 0.29) is 23.7 Å². The number of aromatic nitrogens is 1. The molecule has 1 saturated heterocycles. The summed E-state index contributed by atoms with van der Waals surface area (Å²) in [5.41, 5.74) is 7.24. The van der Waals surface area contributed by atoms with E-state index in [1.54, 1.807) is 23.2 Å². The number of alkyl halides is 3. The Hall–Kier alpha value is -3.40. The molecule has 4 rings (SSSR count). The molecule has 1 fully saturated rings. The van der Waals surface area contributed by atoms with Crippen molar-refractivity contribution in [2.24, 2.45) is 10.7 Å². The third-order valence-electron chi connectivity index (χ3n) is 6.59. The third kappa shape index (κ3) is 5.38. The standard InChI is InChI=1S/C26H30F3N5O2/c1-16-5-6-21-23(34(16)17(2)35)8-7-20(18(14-30)15-33-19-9-12-31-13-10-19)24(21)36-25-22(26(27,28)29)4-3-11-32-25/h3-4,7-8,11,14-16,19,31H,5-6,9-10,12-13,30H2,1-2H3. The molecular weight excluding hydrogens is 471 g/mol. The molecule has 1 atom stereocenters. The fourth-order valence-corrected chi connectivity index (χ4v) is 4.76. The van der Waals surface area contributed by atoms with Crippen molar-refractivity contribution in [1.82, 2.24) is 10.3 Å². The van der Waals surface area contributed by atoms with Gasteiger partial charge in [0.2, 0.25) is 11.8 Å². The van der Waals surface area contributed by atoms with E-state index in [0.29, 0.717) is 35.2 Å². The number of benzene rings is 1. The molecule has 0 aliphatic carbocycles. The van der Waals surface area contributed by atoms with Crippen molar-refractivity contribution in [1.29, 1.82) is 0 Å². The van der Waals surface area contributed by atoms with E-state index in [1.165, 1.54) is 25.4 Å². The Morgan fingerprint density at radius 3 is 2.67 bits per heavy atom. The van der Waals surface area contributed by atoms with Gasteiger partial charge in [-0.15, -0.1) is 0 Å². The Kier molecular flexibility index (Phi) is 7.63. The van der Waals surface area contributed by atoms with Crippen LogP contribution in [0.25, 0.3) is 5.57 Å². The first-order chi connectivity index (χ1) is 17.2. The van der Waals surface area contributed by atoms with Gasteiger partial charge in [-0.1, -0.05) is 0 Å². The van der Waals surface area contributed by atoms with E-state index in [2.05, 4.69) is 15.3 Å². The maximum atomic E-state index is 13.7. The average molecular weight is 502 g/mol. The van der Waals surface area contributed by atoms with E-state index < -0.39 is 17.6 Å². The number of carbonyl (C=O) groups is 1. The number of nitrogens with zero attached hydrogens (tertiary/aromatic N) is 3. The van der Waals surface area contributed by atoms with Crippen LogP contribution in [0.15, 0.2) is 41.7 Å². The Bertz CT molecular complexity index is 1170. The summed E-state index contributed by atoms with van der Waals surface area (Å²) in [5, 5.41) is 3.29. The highest BCUT2D eigenvalue weighted by Gasteiger charge is 2.36. The second kappa shape index (κ2) is 10.7. The molecule has 1 amide bonds. The van der Waals surface area contributed by atoms with Gasteiger partial charge in [0, 0.05) is 48.3 Å². The fourth-order valence-electron chi connectivity index (χ4n) is 4.76. The minimum absolute atomic E-state index is 0.0553. The summed E-state index contributed by atoms with van der Waals surface area (Å²) in [7, 11) is 0. The summed E-state index contributed by atoms with van der Waals surface area (Å²) < 4.78 is 47.2. The summed E-state index contributed by atoms with van der Waals surface area (Å²) in [6.07, 6.45) is 2.54. The summed E-state index contributed by atoms with van der Waals surface area (Å²) >= 11 is 0. The van der Waals surface area contributed by atoms with Crippen LogP contribution >= 0.6 is 0 Å². The molecule has 0 bridgehead atoms. The fraction of sp³-hybridized carbons (Fsp3) is 0.423. The number of amides is 1. The Labute approximate surface area is 208 Å². The minimum atomic E-state index is -4.65. The van der Waals surface area contributed by atoms with Crippen LogP contribution in [0.2, 0.25) is 0 Å². The van der Waals surface area contributed by atoms with Gasteiger partial charge in [-0.05, 0) is 70.0 Å². The van der Waals surface area contributed by atoms with Crippen molar-refractivity contribution in [2.75, 3.05) is 18.0 Å². The number of allylic oxidation sites excluding steroid dienone is 1. The molecule has 1 aromatic heterocycles. The number of piperidine rings is 1. The van der Waals surface area contributed by atoms with E-state index in [1.807, 2.05) is 6.92 Å². The molecule has 3 heterocycles. The zero-order valence-corrected chi connectivity index (χ0v) is 20.3. The molecule has 0 saturated carbocycles. The van der Waals surface area contributed by atoms with E-state index in [4.69, 9.17) is 10.5 Å². The monoisotopic (exact) mass is 501 g/mol. The Morgan fingerprint density at radius 2 is 2.00 bits per heavy atom. The molecule has 2 aliphatic rings. The van der Waals surface area contributed by atoms with Crippen molar-refractivity contribution in [3.63, 3.8) is 0 Å². The second-order valence-corrected chi connectivity index (χ2v) is 9.05. The van der Waals surface area contributed by atoms with Gasteiger partial charge in [0.1, 0.15) is 11.3 Å². The molecule has 36 heavy (non-hydrogen) atoms. The van der Waals surface area contributed by atoms with Crippen LogP contribution in [0.4, 0.5) is 18.9 Å². The number of fused-ring (bicyclic) bond motifs is 1. The van der Waals surface area contributed by atoms with Crippen LogP contribution in [0.1, 0.15) is 49.8 Å². The van der Waals surface area contributed by atoms with Crippen LogP contribution in [-0.4, -0.2) is 42.3 Å². The van der Waals surface area contributed by atoms with E-state index in [9.17, 15) is 18.0 Å². The van der Waals surface area contributed by atoms with Crippen LogP contribution in [0.3, 0.4) is 0 Å². The number of carbonyl (C=O) groups excluding carboxylic acids is 1. The highest BCUT2D eigenvalue weighted by Crippen LogP contribution is 2.44. The molecule has 7 nitrogen and oxygen atoms in total. The molecular formula is C26H30F3N5O2. The third-order valence-corrected chi connectivity index (χ3v) is 6.59. The second-order valence-electron chi connectivity index (χ2n) is 9.05. The lowest BCUT2D eigenvalue weighted by Crippen LogP contribution is -2.40. The molecule has 2 aromatic rings. The summed E-state index contributed by atoms with van der Waals surface area (Å²) in [4.78, 5) is 22.7. The number of aliphatic imine (C=N–C) groups is 1. The lowest BCUT2D eigenvalue weighted by atomic mass is 9.91. The largest absolute Gasteiger partial charge is 0.437 e. The Morgan fingerprint density at radius 1 is 1.25 bits per heavy atom. The van der Waals surface area contributed by atoms with Crippen LogP contribution < -0.4 is 20.7 Å². The number of hydrogen-bond donors (Lipinski definition) is 2. The van der Waals surface area contributed by atoms with Crippen LogP contribution in [0, 0.1) is 0 Å². The Balaban J connectivity index is 1.84. The van der Waals surface area contributed by atoms with Crippen molar-refractivity contribution in [3.8, 4) is 11.6 Å². The normalized spacial score (nSPS) is 19.4. The van der Waals surface area contributed by atoms with Crippen molar-refractivity contribution < 1.29 is 22.7 Å². The predicted octanol–water partition coefficient (Wildman–Crippen LogP) is 4.70. The molecule has 1 unspecified atom stereocenters. The van der Waals surface area contributed by atoms with Crippen LogP contribution in [0.5, 0.6) is 11.6 Å². The molecule has 10 heteroatoms. The maximum absolute atomic E-state index is 13.7. The number of rotatable bonds is 5. The van der Waals surface area contributed by atoms with Crippen molar-refractivity contribution in [3.05, 3.63) is 53.4 Å². The SMILES string of the molecule is CC(=O)N1c2ccc(C(C=NC3CCNCC3)=CN)c(Oc3ncccc3C(F)(F)F)c2CCC1C. The first-order valence-electron chi connectivity index (χ1n) is 12.0. The lowest BCUT2D eigenvalue weighted by molar-refractivity contribution is -0.138. The molecule has 192 valence electrons. The summed E-state index contributed by atoms with van der Waals surface area (Å²) in [5.74, 6) is -0.513. The van der Waals surface area contributed by atoms with Gasteiger partial charge in [-0.25, -0.2) is 4.98 Å². The number of anilines is 1. The van der Waals surface area contributed by atoms with Gasteiger partial charge in [-0.2, -0.15) is 13.2 Å². The van der Waals surface area contributed by atoms with Crippen molar-refractivity contribution in [2.45, 2.75) is 57.8 Å². The van der Waals surface area contributed by atoms with Crippen molar-refractivity contribution >= 4 is 23.4 Å². The van der Waals surface area contributed by atoms with Gasteiger partial charge in [0.05, 0.1) is 11.7 Å². The van der Waals surface area contributed by atoms with Gasteiger partial charge >= 0.3 is 6.18 Å². The zero-order valence-electron chi connectivity index (χ0n) is 20.3. The lowest BCUT2D eigenvalue weighted by Gasteiger charge is -2.36. The molecule has 1 aromatic carbocycles. The highest BCUT2D eigenvalue weighted by atomic mass is 19.4. The summed E-state index contributed by atoms with van der Waals surface area (Å²) in [6, 6.07) is 5.72. The molecule has 0 radical (unpaired) electrons. The van der Waals surface area contributed by atoms with E-state index in [0.717, 1.165) is 32.0 Å².